The van der Waals surface area contributed by atoms with Crippen molar-refractivity contribution in [1.82, 2.24) is 0 Å². The van der Waals surface area contributed by atoms with Crippen LogP contribution in [0, 0.1) is 13.8 Å². The topological polar surface area (TPSA) is 58.2 Å². The van der Waals surface area contributed by atoms with Gasteiger partial charge in [-0.3, -0.25) is 9.59 Å². The first-order chi connectivity index (χ1) is 10.5. The molecule has 0 aliphatic carbocycles. The lowest BCUT2D eigenvalue weighted by molar-refractivity contribution is -0.115. The normalized spacial score (nSPS) is 10.1. The molecule has 0 saturated heterocycles. The molecule has 0 aliphatic rings. The van der Waals surface area contributed by atoms with Crippen molar-refractivity contribution < 1.29 is 9.59 Å². The molecule has 114 valence electrons. The molecule has 2 amide bonds. The fourth-order valence-electron chi connectivity index (χ4n) is 1.98. The lowest BCUT2D eigenvalue weighted by Gasteiger charge is -2.08. The molecule has 0 saturated carbocycles. The Labute approximate surface area is 130 Å². The molecule has 0 spiro atoms. The van der Waals surface area contributed by atoms with Crippen LogP contribution in [0.15, 0.2) is 42.5 Å². The van der Waals surface area contributed by atoms with Gasteiger partial charge in [0.15, 0.2) is 0 Å². The predicted molar refractivity (Wildman–Crippen MR) is 89.2 cm³/mol. The van der Waals surface area contributed by atoms with Crippen LogP contribution in [-0.4, -0.2) is 11.8 Å². The van der Waals surface area contributed by atoms with Crippen LogP contribution >= 0.6 is 0 Å². The van der Waals surface area contributed by atoms with Crippen LogP contribution in [-0.2, 0) is 4.79 Å². The first-order valence-corrected chi connectivity index (χ1v) is 7.28. The van der Waals surface area contributed by atoms with Crippen LogP contribution in [0.4, 0.5) is 11.4 Å². The maximum absolute atomic E-state index is 12.2. The highest BCUT2D eigenvalue weighted by molar-refractivity contribution is 6.04. The monoisotopic (exact) mass is 296 g/mol. The van der Waals surface area contributed by atoms with E-state index >= 15 is 0 Å². The Morgan fingerprint density at radius 3 is 2.09 bits per heavy atom. The largest absolute Gasteiger partial charge is 0.326 e. The summed E-state index contributed by atoms with van der Waals surface area (Å²) < 4.78 is 0. The maximum atomic E-state index is 12.2. The van der Waals surface area contributed by atoms with Crippen molar-refractivity contribution in [2.45, 2.75) is 27.2 Å². The number of rotatable bonds is 4. The molecule has 0 aromatic heterocycles. The summed E-state index contributed by atoms with van der Waals surface area (Å²) in [5, 5.41) is 5.62. The van der Waals surface area contributed by atoms with E-state index in [0.29, 0.717) is 17.7 Å². The molecule has 4 nitrogen and oxygen atoms in total. The van der Waals surface area contributed by atoms with Crippen LogP contribution in [0.25, 0.3) is 0 Å². The molecule has 2 aromatic carbocycles. The predicted octanol–water partition coefficient (Wildman–Crippen LogP) is 3.90. The van der Waals surface area contributed by atoms with Gasteiger partial charge in [-0.05, 0) is 61.4 Å². The summed E-state index contributed by atoms with van der Waals surface area (Å²) in [5.41, 5.74) is 4.34. The van der Waals surface area contributed by atoms with E-state index in [1.54, 1.807) is 31.2 Å². The van der Waals surface area contributed by atoms with E-state index in [9.17, 15) is 9.59 Å². The third kappa shape index (κ3) is 3.95. The van der Waals surface area contributed by atoms with Gasteiger partial charge in [0.1, 0.15) is 0 Å². The van der Waals surface area contributed by atoms with Gasteiger partial charge >= 0.3 is 0 Å². The first kappa shape index (κ1) is 15.8. The number of aryl methyl sites for hydroxylation is 2. The zero-order valence-corrected chi connectivity index (χ0v) is 13.1. The lowest BCUT2D eigenvalue weighted by Crippen LogP contribution is -2.13. The number of anilines is 2. The number of carbonyl (C=O) groups is 2. The summed E-state index contributed by atoms with van der Waals surface area (Å²) in [6.07, 6.45) is 0.426. The minimum Gasteiger partial charge on any atom is -0.326 e. The standard InChI is InChI=1S/C18H20N2O2/c1-4-17(21)19-15-9-6-14(7-10-15)18(22)20-16-8-5-12(2)13(3)11-16/h5-11H,4H2,1-3H3,(H,19,21)(H,20,22). The van der Waals surface area contributed by atoms with E-state index in [0.717, 1.165) is 11.3 Å². The molecule has 0 bridgehead atoms. The van der Waals surface area contributed by atoms with Crippen molar-refractivity contribution in [2.24, 2.45) is 0 Å². The van der Waals surface area contributed by atoms with E-state index in [1.165, 1.54) is 5.56 Å². The molecular weight excluding hydrogens is 276 g/mol. The molecule has 22 heavy (non-hydrogen) atoms. The molecule has 0 radical (unpaired) electrons. The molecule has 2 aromatic rings. The summed E-state index contributed by atoms with van der Waals surface area (Å²) in [6, 6.07) is 12.7. The van der Waals surface area contributed by atoms with E-state index < -0.39 is 0 Å². The minimum atomic E-state index is -0.170. The number of amides is 2. The summed E-state index contributed by atoms with van der Waals surface area (Å²) in [5.74, 6) is -0.219. The number of benzene rings is 2. The van der Waals surface area contributed by atoms with Crippen molar-refractivity contribution in [3.8, 4) is 0 Å². The van der Waals surface area contributed by atoms with Crippen LogP contribution < -0.4 is 10.6 Å². The molecule has 0 aliphatic heterocycles. The van der Waals surface area contributed by atoms with Gasteiger partial charge in [0, 0.05) is 23.4 Å². The van der Waals surface area contributed by atoms with Crippen LogP contribution in [0.1, 0.15) is 34.8 Å². The van der Waals surface area contributed by atoms with E-state index in [2.05, 4.69) is 10.6 Å². The Morgan fingerprint density at radius 1 is 0.864 bits per heavy atom. The number of carbonyl (C=O) groups excluding carboxylic acids is 2. The van der Waals surface area contributed by atoms with E-state index in [-0.39, 0.29) is 11.8 Å². The second kappa shape index (κ2) is 6.89. The van der Waals surface area contributed by atoms with Crippen molar-refractivity contribution in [2.75, 3.05) is 10.6 Å². The second-order valence-corrected chi connectivity index (χ2v) is 5.23. The first-order valence-electron chi connectivity index (χ1n) is 7.28. The van der Waals surface area contributed by atoms with E-state index in [4.69, 9.17) is 0 Å². The van der Waals surface area contributed by atoms with Crippen LogP contribution in [0.2, 0.25) is 0 Å². The second-order valence-electron chi connectivity index (χ2n) is 5.23. The molecular formula is C18H20N2O2. The zero-order valence-electron chi connectivity index (χ0n) is 13.1. The Balaban J connectivity index is 2.06. The van der Waals surface area contributed by atoms with Gasteiger partial charge < -0.3 is 10.6 Å². The molecule has 2 N–H and O–H groups in total. The van der Waals surface area contributed by atoms with Crippen molar-refractivity contribution in [3.63, 3.8) is 0 Å². The van der Waals surface area contributed by atoms with Crippen molar-refractivity contribution >= 4 is 23.2 Å². The lowest BCUT2D eigenvalue weighted by atomic mass is 10.1. The SMILES string of the molecule is CCC(=O)Nc1ccc(C(=O)Nc2ccc(C)c(C)c2)cc1. The van der Waals surface area contributed by atoms with Crippen LogP contribution in [0.3, 0.4) is 0 Å². The fraction of sp³-hybridized carbons (Fsp3) is 0.222. The average molecular weight is 296 g/mol. The third-order valence-corrected chi connectivity index (χ3v) is 3.52. The summed E-state index contributed by atoms with van der Waals surface area (Å²) in [4.78, 5) is 23.5. The molecule has 0 fully saturated rings. The maximum Gasteiger partial charge on any atom is 0.255 e. The summed E-state index contributed by atoms with van der Waals surface area (Å²) >= 11 is 0. The highest BCUT2D eigenvalue weighted by Gasteiger charge is 2.07. The van der Waals surface area contributed by atoms with Gasteiger partial charge in [0.2, 0.25) is 5.91 Å². The average Bonchev–Trinajstić information content (AvgIpc) is 2.51. The van der Waals surface area contributed by atoms with Crippen molar-refractivity contribution in [1.29, 1.82) is 0 Å². The van der Waals surface area contributed by atoms with Gasteiger partial charge in [0.05, 0.1) is 0 Å². The Hall–Kier alpha value is -2.62. The summed E-state index contributed by atoms with van der Waals surface area (Å²) in [7, 11) is 0. The Kier molecular flexibility index (Phi) is 4.94. The zero-order chi connectivity index (χ0) is 16.1. The quantitative estimate of drug-likeness (QED) is 0.899. The number of nitrogens with one attached hydrogen (secondary N) is 2. The van der Waals surface area contributed by atoms with Crippen LogP contribution in [0.5, 0.6) is 0 Å². The molecule has 0 unspecified atom stereocenters. The Bertz CT molecular complexity index is 691. The number of hydrogen-bond acceptors (Lipinski definition) is 2. The molecule has 2 rings (SSSR count). The van der Waals surface area contributed by atoms with Gasteiger partial charge in [-0.1, -0.05) is 13.0 Å². The highest BCUT2D eigenvalue weighted by Crippen LogP contribution is 2.16. The van der Waals surface area contributed by atoms with Crippen molar-refractivity contribution in [3.05, 3.63) is 59.2 Å². The van der Waals surface area contributed by atoms with Gasteiger partial charge in [0.25, 0.3) is 5.91 Å². The summed E-state index contributed by atoms with van der Waals surface area (Å²) in [6.45, 7) is 5.83. The fourth-order valence-corrected chi connectivity index (χ4v) is 1.98. The van der Waals surface area contributed by atoms with Gasteiger partial charge in [-0.25, -0.2) is 0 Å². The molecule has 0 heterocycles. The minimum absolute atomic E-state index is 0.0488. The van der Waals surface area contributed by atoms with Gasteiger partial charge in [-0.2, -0.15) is 0 Å². The molecule has 4 heteroatoms. The third-order valence-electron chi connectivity index (χ3n) is 3.52. The van der Waals surface area contributed by atoms with Gasteiger partial charge in [-0.15, -0.1) is 0 Å². The smallest absolute Gasteiger partial charge is 0.255 e. The van der Waals surface area contributed by atoms with E-state index in [1.807, 2.05) is 32.0 Å². The highest BCUT2D eigenvalue weighted by atomic mass is 16.2. The number of hydrogen-bond donors (Lipinski definition) is 2. The Morgan fingerprint density at radius 2 is 1.50 bits per heavy atom. The molecule has 0 atom stereocenters.